The van der Waals surface area contributed by atoms with Gasteiger partial charge in [-0.2, -0.15) is 39.5 Å². The van der Waals surface area contributed by atoms with E-state index in [1.54, 1.807) is 38.1 Å². The first kappa shape index (κ1) is 63.7. The van der Waals surface area contributed by atoms with Gasteiger partial charge in [-0.05, 0) is 144 Å². The van der Waals surface area contributed by atoms with Gasteiger partial charge in [0.05, 0.1) is 28.5 Å². The number of likely N-dealkylation sites (tertiary alicyclic amines) is 1. The highest BCUT2D eigenvalue weighted by atomic mass is 19.4. The molecular formula is C60H71F9N4O8. The molecule has 3 aliphatic rings. The van der Waals surface area contributed by atoms with E-state index in [0.717, 1.165) is 104 Å². The molecule has 1 heterocycles. The highest BCUT2D eigenvalue weighted by Crippen LogP contribution is 2.43. The van der Waals surface area contributed by atoms with E-state index in [1.165, 1.54) is 12.1 Å². The Bertz CT molecular complexity index is 2830. The number of carbonyl (C=O) groups is 3. The van der Waals surface area contributed by atoms with Crippen molar-refractivity contribution >= 4 is 29.3 Å². The Kier molecular flexibility index (Phi) is 22.8. The number of carboxylic acid groups (broad SMARTS) is 2. The Morgan fingerprint density at radius 3 is 1.49 bits per heavy atom. The molecule has 1 saturated heterocycles. The molecule has 0 amide bonds. The number of ether oxygens (including phenoxy) is 1. The molecule has 4 aromatic carbocycles. The molecule has 3 N–H and O–H groups in total. The Morgan fingerprint density at radius 1 is 0.630 bits per heavy atom. The van der Waals surface area contributed by atoms with Crippen LogP contribution in [0.15, 0.2) is 83.1 Å². The number of carbonyl (C=O) groups excluding carboxylic acids is 1. The number of hydrogen-bond donors (Lipinski definition) is 3. The van der Waals surface area contributed by atoms with Crippen LogP contribution in [0.2, 0.25) is 0 Å². The lowest BCUT2D eigenvalue weighted by atomic mass is 9.81. The highest BCUT2D eigenvalue weighted by Gasteiger charge is 2.39. The number of alkyl halides is 9. The normalized spacial score (nSPS) is 16.7. The van der Waals surface area contributed by atoms with Crippen LogP contribution in [0, 0.1) is 11.8 Å². The van der Waals surface area contributed by atoms with Crippen molar-refractivity contribution in [2.75, 3.05) is 26.2 Å². The van der Waals surface area contributed by atoms with Crippen LogP contribution >= 0.6 is 0 Å². The van der Waals surface area contributed by atoms with Gasteiger partial charge in [0.2, 0.25) is 0 Å². The summed E-state index contributed by atoms with van der Waals surface area (Å²) in [5.41, 5.74) is 7.22. The number of benzene rings is 4. The molecule has 1 atom stereocenters. The first-order valence-corrected chi connectivity index (χ1v) is 27.5. The zero-order valence-corrected chi connectivity index (χ0v) is 46.0. The van der Waals surface area contributed by atoms with E-state index < -0.39 is 53.5 Å². The average Bonchev–Trinajstić information content (AvgIpc) is 3.43. The zero-order chi connectivity index (χ0) is 59.1. The number of aliphatic carboxylic acids is 2. The molecule has 81 heavy (non-hydrogen) atoms. The average molecular weight is 1150 g/mol. The molecule has 3 fully saturated rings. The standard InChI is InChI=1S/C58H70F6N4O6.C2HF3O2/c1-5-41-27-45(37(3)66-73-34-39-17-23-51(43-13-9-7-10-14-43)53(25-39)57(59,60)61)19-21-47(41)29-65-30-49(55(69)70)36-72-56(71)50-32-68(33-50)31-48-22-20-46(28-42(48)6-2)38(4)67-74-35-40-18-24-52(44-15-11-8-12-16-44)54(26-40)58(62,63)64;3-2(4,5)1(6)7/h17-28,43-44,49-50,65H,5-16,29-36H2,1-4H3,(H,69,70);(H,6,7)/b66-37+,67-38+;. The number of oxime groups is 2. The SMILES string of the molecule is CCc1cc(/C(C)=N/OCc2ccc(C3CCCCC3)c(C(F)(F)F)c2)ccc1CNCC(COC(=O)C1CN(Cc2ccc(/C(C)=N/OCc3ccc(C4CCCCC4)c(C(F)(F)F)c3)cc2CC)C1)C(=O)O.O=C(O)C(F)(F)F. The van der Waals surface area contributed by atoms with Gasteiger partial charge in [0.15, 0.2) is 0 Å². The maximum absolute atomic E-state index is 14.1. The summed E-state index contributed by atoms with van der Waals surface area (Å²) in [6.45, 7) is 9.10. The second-order valence-corrected chi connectivity index (χ2v) is 21.1. The van der Waals surface area contributed by atoms with Crippen molar-refractivity contribution in [2.24, 2.45) is 22.1 Å². The molecule has 7 rings (SSSR count). The summed E-state index contributed by atoms with van der Waals surface area (Å²) in [6.07, 6.45) is -3.62. The minimum atomic E-state index is -5.08. The number of rotatable bonds is 22. The topological polar surface area (TPSA) is 159 Å². The third kappa shape index (κ3) is 18.5. The fourth-order valence-corrected chi connectivity index (χ4v) is 10.6. The second-order valence-electron chi connectivity index (χ2n) is 21.1. The van der Waals surface area contributed by atoms with Crippen molar-refractivity contribution in [2.45, 2.75) is 161 Å². The first-order chi connectivity index (χ1) is 38.4. The number of hydrogen-bond acceptors (Lipinski definition) is 10. The van der Waals surface area contributed by atoms with Gasteiger partial charge in [-0.3, -0.25) is 14.5 Å². The molecule has 21 heteroatoms. The van der Waals surface area contributed by atoms with Gasteiger partial charge >= 0.3 is 36.4 Å². The minimum absolute atomic E-state index is 0.0688. The number of nitrogens with one attached hydrogen (secondary N) is 1. The highest BCUT2D eigenvalue weighted by molar-refractivity contribution is 5.99. The smallest absolute Gasteiger partial charge is 0.481 e. The predicted molar refractivity (Wildman–Crippen MR) is 286 cm³/mol. The summed E-state index contributed by atoms with van der Waals surface area (Å²) < 4.78 is 122. The molecule has 2 saturated carbocycles. The second kappa shape index (κ2) is 29.0. The van der Waals surface area contributed by atoms with Gasteiger partial charge in [0.1, 0.15) is 25.7 Å². The molecule has 0 spiro atoms. The van der Waals surface area contributed by atoms with E-state index >= 15 is 0 Å². The fourth-order valence-electron chi connectivity index (χ4n) is 10.6. The lowest BCUT2D eigenvalue weighted by Crippen LogP contribution is -2.50. The Morgan fingerprint density at radius 2 is 1.07 bits per heavy atom. The van der Waals surface area contributed by atoms with E-state index in [-0.39, 0.29) is 44.1 Å². The maximum Gasteiger partial charge on any atom is 0.490 e. The molecular weight excluding hydrogens is 1080 g/mol. The number of aryl methyl sites for hydroxylation is 2. The van der Waals surface area contributed by atoms with Gasteiger partial charge in [0, 0.05) is 32.7 Å². The number of esters is 1. The summed E-state index contributed by atoms with van der Waals surface area (Å²) in [5.74, 6) is -5.80. The van der Waals surface area contributed by atoms with Crippen molar-refractivity contribution in [1.29, 1.82) is 0 Å². The summed E-state index contributed by atoms with van der Waals surface area (Å²) in [5, 5.41) is 28.7. The number of carboxylic acids is 2. The summed E-state index contributed by atoms with van der Waals surface area (Å²) in [6, 6.07) is 20.7. The van der Waals surface area contributed by atoms with E-state index in [1.807, 2.05) is 50.2 Å². The minimum Gasteiger partial charge on any atom is -0.481 e. The third-order valence-corrected chi connectivity index (χ3v) is 15.2. The van der Waals surface area contributed by atoms with Crippen LogP contribution in [0.25, 0.3) is 0 Å². The van der Waals surface area contributed by atoms with Crippen LogP contribution in [0.3, 0.4) is 0 Å². The van der Waals surface area contributed by atoms with Gasteiger partial charge in [-0.25, -0.2) is 4.79 Å². The van der Waals surface area contributed by atoms with Crippen molar-refractivity contribution in [3.63, 3.8) is 0 Å². The summed E-state index contributed by atoms with van der Waals surface area (Å²) >= 11 is 0. The third-order valence-electron chi connectivity index (χ3n) is 15.2. The van der Waals surface area contributed by atoms with Gasteiger partial charge in [-0.15, -0.1) is 0 Å². The Balaban J connectivity index is 0.00000141. The maximum atomic E-state index is 14.1. The molecule has 0 aromatic heterocycles. The number of halogens is 9. The van der Waals surface area contributed by atoms with Crippen LogP contribution in [-0.4, -0.2) is 76.9 Å². The first-order valence-electron chi connectivity index (χ1n) is 27.5. The van der Waals surface area contributed by atoms with Crippen LogP contribution in [0.1, 0.15) is 171 Å². The molecule has 2 aliphatic carbocycles. The van der Waals surface area contributed by atoms with Crippen molar-refractivity contribution in [1.82, 2.24) is 10.2 Å². The Hall–Kier alpha value is -6.48. The molecule has 0 radical (unpaired) electrons. The van der Waals surface area contributed by atoms with E-state index in [9.17, 15) is 54.2 Å². The largest absolute Gasteiger partial charge is 0.490 e. The molecule has 1 aliphatic heterocycles. The summed E-state index contributed by atoms with van der Waals surface area (Å²) in [4.78, 5) is 47.4. The fraction of sp³-hybridized carbons (Fsp3) is 0.517. The van der Waals surface area contributed by atoms with Crippen LogP contribution in [-0.2, 0) is 80.3 Å². The molecule has 12 nitrogen and oxygen atoms in total. The molecule has 4 aromatic rings. The van der Waals surface area contributed by atoms with E-state index in [2.05, 4.69) is 20.5 Å². The van der Waals surface area contributed by atoms with Gasteiger partial charge in [0.25, 0.3) is 0 Å². The van der Waals surface area contributed by atoms with Crippen molar-refractivity contribution < 1.29 is 78.5 Å². The van der Waals surface area contributed by atoms with Crippen LogP contribution < -0.4 is 5.32 Å². The van der Waals surface area contributed by atoms with E-state index in [0.29, 0.717) is 66.3 Å². The lowest BCUT2D eigenvalue weighted by Gasteiger charge is -2.38. The quantitative estimate of drug-likeness (QED) is 0.0299. The molecule has 1 unspecified atom stereocenters. The van der Waals surface area contributed by atoms with Gasteiger partial charge in [-0.1, -0.05) is 111 Å². The molecule has 442 valence electrons. The van der Waals surface area contributed by atoms with E-state index in [4.69, 9.17) is 24.3 Å². The van der Waals surface area contributed by atoms with Crippen molar-refractivity contribution in [3.05, 3.63) is 140 Å². The van der Waals surface area contributed by atoms with Crippen LogP contribution in [0.5, 0.6) is 0 Å². The van der Waals surface area contributed by atoms with Crippen LogP contribution in [0.4, 0.5) is 39.5 Å². The number of nitrogens with zero attached hydrogens (tertiary/aromatic N) is 3. The predicted octanol–water partition coefficient (Wildman–Crippen LogP) is 13.9. The Labute approximate surface area is 466 Å². The van der Waals surface area contributed by atoms with Crippen molar-refractivity contribution in [3.8, 4) is 0 Å². The lowest BCUT2D eigenvalue weighted by molar-refractivity contribution is -0.192. The molecule has 0 bridgehead atoms. The van der Waals surface area contributed by atoms with Gasteiger partial charge < -0.3 is 29.9 Å². The monoisotopic (exact) mass is 1150 g/mol. The summed E-state index contributed by atoms with van der Waals surface area (Å²) in [7, 11) is 0. The zero-order valence-electron chi connectivity index (χ0n) is 46.0.